The van der Waals surface area contributed by atoms with Gasteiger partial charge < -0.3 is 15.0 Å². The lowest BCUT2D eigenvalue weighted by atomic mass is 10.1. The third kappa shape index (κ3) is 7.15. The summed E-state index contributed by atoms with van der Waals surface area (Å²) in [4.78, 5) is 27.4. The topological polar surface area (TPSA) is 70.7 Å². The molecule has 7 heteroatoms. The molecule has 0 heterocycles. The average Bonchev–Trinajstić information content (AvgIpc) is 2.85. The lowest BCUT2D eigenvalue weighted by Crippen LogP contribution is -2.35. The number of unbranched alkanes of at least 4 members (excludes halogenated alkanes) is 1. The highest BCUT2D eigenvalue weighted by molar-refractivity contribution is 7.80. The lowest BCUT2D eigenvalue weighted by Gasteiger charge is -2.20. The predicted molar refractivity (Wildman–Crippen MR) is 139 cm³/mol. The number of carbonyl (C=O) groups excluding carboxylic acids is 2. The van der Waals surface area contributed by atoms with Gasteiger partial charge in [-0.1, -0.05) is 61.9 Å². The predicted octanol–water partition coefficient (Wildman–Crippen LogP) is 5.26. The Morgan fingerprint density at radius 3 is 2.47 bits per heavy atom. The van der Waals surface area contributed by atoms with Gasteiger partial charge in [0.1, 0.15) is 5.75 Å². The van der Waals surface area contributed by atoms with Gasteiger partial charge in [-0.25, -0.2) is 0 Å². The van der Waals surface area contributed by atoms with Gasteiger partial charge in [-0.15, -0.1) is 0 Å². The first-order chi connectivity index (χ1) is 16.5. The number of nitrogens with zero attached hydrogens (tertiary/aromatic N) is 1. The van der Waals surface area contributed by atoms with E-state index in [-0.39, 0.29) is 16.9 Å². The Hall–Kier alpha value is -3.71. The molecule has 0 aliphatic rings. The highest BCUT2D eigenvalue weighted by atomic mass is 32.1. The van der Waals surface area contributed by atoms with Gasteiger partial charge in [0.15, 0.2) is 5.11 Å². The van der Waals surface area contributed by atoms with Crippen molar-refractivity contribution in [1.29, 1.82) is 0 Å². The number of anilines is 1. The van der Waals surface area contributed by atoms with Gasteiger partial charge in [0.05, 0.1) is 17.9 Å². The third-order valence-corrected chi connectivity index (χ3v) is 5.31. The molecule has 176 valence electrons. The first-order valence-corrected chi connectivity index (χ1v) is 11.6. The van der Waals surface area contributed by atoms with Crippen LogP contribution in [0.4, 0.5) is 5.69 Å². The summed E-state index contributed by atoms with van der Waals surface area (Å²) < 4.78 is 5.67. The number of amides is 2. The fraction of sp³-hybridized carbons (Fsp3) is 0.222. The fourth-order valence-electron chi connectivity index (χ4n) is 3.30. The average molecular weight is 476 g/mol. The molecule has 0 aromatic heterocycles. The van der Waals surface area contributed by atoms with Crippen LogP contribution in [0, 0.1) is 0 Å². The standard InChI is InChI=1S/C27H29N3O3S/c1-3-4-17-33-22-14-10-13-21(18-22)25(31)29-27(34)28-24-16-9-8-15-23(24)26(32)30(2)19-20-11-6-5-7-12-20/h5-16,18H,3-4,17,19H2,1-2H3,(H2,28,29,31,34). The number of hydrogen-bond acceptors (Lipinski definition) is 4. The van der Waals surface area contributed by atoms with Crippen LogP contribution < -0.4 is 15.4 Å². The summed E-state index contributed by atoms with van der Waals surface area (Å²) in [7, 11) is 1.75. The van der Waals surface area contributed by atoms with E-state index in [1.165, 1.54) is 0 Å². The zero-order valence-electron chi connectivity index (χ0n) is 19.4. The molecular formula is C27H29N3O3S. The molecule has 0 saturated carbocycles. The minimum absolute atomic E-state index is 0.105. The molecule has 0 atom stereocenters. The third-order valence-electron chi connectivity index (χ3n) is 5.10. The molecule has 2 N–H and O–H groups in total. The van der Waals surface area contributed by atoms with E-state index in [0.29, 0.717) is 35.7 Å². The fourth-order valence-corrected chi connectivity index (χ4v) is 3.51. The Morgan fingerprint density at radius 2 is 1.71 bits per heavy atom. The largest absolute Gasteiger partial charge is 0.494 e. The molecule has 0 unspecified atom stereocenters. The highest BCUT2D eigenvalue weighted by Gasteiger charge is 2.17. The van der Waals surface area contributed by atoms with Crippen LogP contribution in [0.1, 0.15) is 46.0 Å². The molecule has 0 radical (unpaired) electrons. The van der Waals surface area contributed by atoms with Crippen molar-refractivity contribution in [2.45, 2.75) is 26.3 Å². The van der Waals surface area contributed by atoms with Gasteiger partial charge >= 0.3 is 0 Å². The summed E-state index contributed by atoms with van der Waals surface area (Å²) in [5.74, 6) is 0.124. The maximum absolute atomic E-state index is 13.1. The zero-order chi connectivity index (χ0) is 24.3. The van der Waals surface area contributed by atoms with E-state index in [1.54, 1.807) is 54.4 Å². The zero-order valence-corrected chi connectivity index (χ0v) is 20.2. The Bertz CT molecular complexity index is 1130. The summed E-state index contributed by atoms with van der Waals surface area (Å²) in [5.41, 5.74) is 2.45. The van der Waals surface area contributed by atoms with E-state index in [2.05, 4.69) is 17.6 Å². The molecule has 0 aliphatic carbocycles. The molecule has 0 fully saturated rings. The summed E-state index contributed by atoms with van der Waals surface area (Å²) in [6, 6.07) is 23.8. The normalized spacial score (nSPS) is 10.3. The van der Waals surface area contributed by atoms with E-state index in [9.17, 15) is 9.59 Å². The smallest absolute Gasteiger partial charge is 0.257 e. The molecule has 0 aliphatic heterocycles. The highest BCUT2D eigenvalue weighted by Crippen LogP contribution is 2.19. The second kappa shape index (κ2) is 12.5. The summed E-state index contributed by atoms with van der Waals surface area (Å²) >= 11 is 5.35. The van der Waals surface area contributed by atoms with Crippen molar-refractivity contribution in [2.75, 3.05) is 19.0 Å². The van der Waals surface area contributed by atoms with Crippen molar-refractivity contribution >= 4 is 34.8 Å². The molecule has 0 saturated heterocycles. The Morgan fingerprint density at radius 1 is 0.971 bits per heavy atom. The number of thiocarbonyl (C=S) groups is 1. The van der Waals surface area contributed by atoms with Gasteiger partial charge in [-0.05, 0) is 54.5 Å². The van der Waals surface area contributed by atoms with Crippen molar-refractivity contribution < 1.29 is 14.3 Å². The SMILES string of the molecule is CCCCOc1cccc(C(=O)NC(=S)Nc2ccccc2C(=O)N(C)Cc2ccccc2)c1. The number of benzene rings is 3. The van der Waals surface area contributed by atoms with Gasteiger partial charge in [0.2, 0.25) is 0 Å². The monoisotopic (exact) mass is 475 g/mol. The van der Waals surface area contributed by atoms with Crippen LogP contribution in [0.2, 0.25) is 0 Å². The van der Waals surface area contributed by atoms with Crippen LogP contribution in [-0.2, 0) is 6.54 Å². The second-order valence-corrected chi connectivity index (χ2v) is 8.24. The molecule has 3 aromatic carbocycles. The Kier molecular flexibility index (Phi) is 9.17. The van der Waals surface area contributed by atoms with Gasteiger partial charge in [0.25, 0.3) is 11.8 Å². The van der Waals surface area contributed by atoms with Crippen LogP contribution in [0.3, 0.4) is 0 Å². The van der Waals surface area contributed by atoms with E-state index in [0.717, 1.165) is 18.4 Å². The van der Waals surface area contributed by atoms with Crippen LogP contribution >= 0.6 is 12.2 Å². The quantitative estimate of drug-likeness (QED) is 0.326. The second-order valence-electron chi connectivity index (χ2n) is 7.83. The van der Waals surface area contributed by atoms with Crippen molar-refractivity contribution in [1.82, 2.24) is 10.2 Å². The van der Waals surface area contributed by atoms with E-state index >= 15 is 0 Å². The number of nitrogens with one attached hydrogen (secondary N) is 2. The Labute approximate surface area is 205 Å². The number of para-hydroxylation sites is 1. The molecule has 2 amide bonds. The van der Waals surface area contributed by atoms with Gasteiger partial charge in [-0.3, -0.25) is 14.9 Å². The first kappa shape index (κ1) is 24.9. The maximum Gasteiger partial charge on any atom is 0.257 e. The van der Waals surface area contributed by atoms with E-state index < -0.39 is 0 Å². The van der Waals surface area contributed by atoms with Crippen LogP contribution in [-0.4, -0.2) is 35.5 Å². The molecule has 3 aromatic rings. The number of rotatable bonds is 9. The number of hydrogen-bond donors (Lipinski definition) is 2. The number of carbonyl (C=O) groups is 2. The molecule has 3 rings (SSSR count). The van der Waals surface area contributed by atoms with Crippen LogP contribution in [0.25, 0.3) is 0 Å². The van der Waals surface area contributed by atoms with Crippen molar-refractivity contribution in [3.05, 3.63) is 95.6 Å². The summed E-state index contributed by atoms with van der Waals surface area (Å²) in [6.45, 7) is 3.17. The maximum atomic E-state index is 13.1. The summed E-state index contributed by atoms with van der Waals surface area (Å²) in [6.07, 6.45) is 1.98. The molecule has 0 bridgehead atoms. The van der Waals surface area contributed by atoms with Crippen molar-refractivity contribution in [3.8, 4) is 5.75 Å². The minimum atomic E-state index is -0.358. The lowest BCUT2D eigenvalue weighted by molar-refractivity contribution is 0.0786. The molecule has 6 nitrogen and oxygen atoms in total. The minimum Gasteiger partial charge on any atom is -0.494 e. The van der Waals surface area contributed by atoms with E-state index in [1.807, 2.05) is 36.4 Å². The van der Waals surface area contributed by atoms with Gasteiger partial charge in [-0.2, -0.15) is 0 Å². The number of ether oxygens (including phenoxy) is 1. The van der Waals surface area contributed by atoms with Crippen LogP contribution in [0.5, 0.6) is 5.75 Å². The molecule has 0 spiro atoms. The summed E-state index contributed by atoms with van der Waals surface area (Å²) in [5, 5.41) is 5.77. The van der Waals surface area contributed by atoms with E-state index in [4.69, 9.17) is 17.0 Å². The first-order valence-electron chi connectivity index (χ1n) is 11.2. The Balaban J connectivity index is 1.64. The molecule has 34 heavy (non-hydrogen) atoms. The van der Waals surface area contributed by atoms with Crippen molar-refractivity contribution in [3.63, 3.8) is 0 Å². The molecular weight excluding hydrogens is 446 g/mol. The van der Waals surface area contributed by atoms with Crippen LogP contribution in [0.15, 0.2) is 78.9 Å². The van der Waals surface area contributed by atoms with Crippen molar-refractivity contribution in [2.24, 2.45) is 0 Å². The van der Waals surface area contributed by atoms with Gasteiger partial charge in [0, 0.05) is 19.2 Å².